The number of nitrogens with one attached hydrogen (secondary N) is 1. The minimum Gasteiger partial charge on any atom is -0.392 e. The zero-order valence-corrected chi connectivity index (χ0v) is 12.0. The third kappa shape index (κ3) is 1.78. The Bertz CT molecular complexity index is 954. The maximum atomic E-state index is 11.8. The van der Waals surface area contributed by atoms with Gasteiger partial charge in [0.2, 0.25) is 17.2 Å². The molecule has 124 valence electrons. The molecule has 1 saturated heterocycles. The summed E-state index contributed by atoms with van der Waals surface area (Å²) in [5.41, 5.74) is 0.193. The summed E-state index contributed by atoms with van der Waals surface area (Å²) in [6.07, 6.45) is 2.76. The van der Waals surface area contributed by atoms with E-state index in [1.165, 1.54) is 0 Å². The van der Waals surface area contributed by atoms with Gasteiger partial charge in [-0.2, -0.15) is 5.26 Å². The van der Waals surface area contributed by atoms with E-state index in [2.05, 4.69) is 21.0 Å². The first kappa shape index (κ1) is 15.9. The maximum absolute atomic E-state index is 11.8. The number of imidazole rings is 1. The fraction of sp³-hybridized carbons (Fsp3) is 0.385. The van der Waals surface area contributed by atoms with E-state index >= 15 is 0 Å². The van der Waals surface area contributed by atoms with Gasteiger partial charge >= 0.3 is 0 Å². The number of terminal acetylenes is 1. The fourth-order valence-electron chi connectivity index (χ4n) is 2.68. The van der Waals surface area contributed by atoms with Gasteiger partial charge in [0.25, 0.3) is 5.56 Å². The topological polar surface area (TPSA) is 183 Å². The average Bonchev–Trinajstić information content (AvgIpc) is 3.08. The Kier molecular flexibility index (Phi) is 3.33. The van der Waals surface area contributed by atoms with Crippen LogP contribution in [-0.4, -0.2) is 59.3 Å². The quantitative estimate of drug-likeness (QED) is 0.354. The number of anilines is 1. The summed E-state index contributed by atoms with van der Waals surface area (Å²) in [7, 11) is 0. The van der Waals surface area contributed by atoms with Gasteiger partial charge in [-0.3, -0.25) is 9.78 Å². The monoisotopic (exact) mass is 332 g/mol. The molecular weight excluding hydrogens is 320 g/mol. The zero-order chi connectivity index (χ0) is 17.7. The van der Waals surface area contributed by atoms with Crippen LogP contribution in [0.3, 0.4) is 0 Å². The molecule has 4 atom stereocenters. The van der Waals surface area contributed by atoms with Gasteiger partial charge in [0.15, 0.2) is 5.60 Å². The van der Waals surface area contributed by atoms with E-state index in [0.717, 1.165) is 10.7 Å². The van der Waals surface area contributed by atoms with Crippen LogP contribution in [0.2, 0.25) is 0 Å². The first-order valence-corrected chi connectivity index (χ1v) is 6.65. The van der Waals surface area contributed by atoms with Crippen molar-refractivity contribution in [3.8, 4) is 18.4 Å². The van der Waals surface area contributed by atoms with E-state index in [4.69, 9.17) is 16.9 Å². The number of aromatic nitrogens is 4. The van der Waals surface area contributed by atoms with Crippen LogP contribution in [0.15, 0.2) is 11.0 Å². The maximum Gasteiger partial charge on any atom is 0.295 e. The van der Waals surface area contributed by atoms with Crippen LogP contribution in [0.1, 0.15) is 5.69 Å². The number of aromatic amines is 1. The van der Waals surface area contributed by atoms with Gasteiger partial charge in [-0.1, -0.05) is 5.92 Å². The molecule has 3 rings (SSSR count). The largest absolute Gasteiger partial charge is 0.392 e. The number of aliphatic hydroxyl groups excluding tert-OH is 3. The summed E-state index contributed by atoms with van der Waals surface area (Å²) in [6, 6.07) is 1.72. The number of fused-ring (bicyclic) bond motifs is 1. The Labute approximate surface area is 133 Å². The lowest BCUT2D eigenvalue weighted by atomic mass is 9.89. The smallest absolute Gasteiger partial charge is 0.295 e. The number of H-pyrrole nitrogens is 1. The number of nitriles is 1. The molecule has 0 saturated carbocycles. The first-order chi connectivity index (χ1) is 11.3. The van der Waals surface area contributed by atoms with Crippen molar-refractivity contribution in [3.05, 3.63) is 22.2 Å². The molecule has 2 aromatic rings. The molecule has 1 aliphatic heterocycles. The lowest BCUT2D eigenvalue weighted by Crippen LogP contribution is -2.45. The SMILES string of the molecule is C#C[C@]1(CO)O[C@@](C#N)(c2cnc3c(=O)[nH]c(N)nn23)C(O)[C@H]1O. The Morgan fingerprint density at radius 2 is 2.25 bits per heavy atom. The number of hydrogen-bond donors (Lipinski definition) is 5. The molecule has 11 nitrogen and oxygen atoms in total. The lowest BCUT2D eigenvalue weighted by Gasteiger charge is -2.25. The zero-order valence-electron chi connectivity index (χ0n) is 12.0. The number of nitrogens with two attached hydrogens (primary N) is 1. The Balaban J connectivity index is 2.30. The highest BCUT2D eigenvalue weighted by atomic mass is 16.6. The van der Waals surface area contributed by atoms with Crippen molar-refractivity contribution in [1.29, 1.82) is 5.26 Å². The Hall–Kier alpha value is -2.96. The number of ether oxygens (including phenoxy) is 1. The van der Waals surface area contributed by atoms with Crippen molar-refractivity contribution in [2.24, 2.45) is 0 Å². The Morgan fingerprint density at radius 3 is 2.79 bits per heavy atom. The molecule has 6 N–H and O–H groups in total. The molecule has 11 heteroatoms. The summed E-state index contributed by atoms with van der Waals surface area (Å²) in [4.78, 5) is 17.9. The second-order valence-electron chi connectivity index (χ2n) is 5.25. The second kappa shape index (κ2) is 5.02. The third-order valence-electron chi connectivity index (χ3n) is 3.95. The first-order valence-electron chi connectivity index (χ1n) is 6.65. The summed E-state index contributed by atoms with van der Waals surface area (Å²) in [6.45, 7) is -0.849. The van der Waals surface area contributed by atoms with E-state index in [1.807, 2.05) is 0 Å². The van der Waals surface area contributed by atoms with E-state index in [-0.39, 0.29) is 17.3 Å². The van der Waals surface area contributed by atoms with Crippen molar-refractivity contribution in [2.45, 2.75) is 23.4 Å². The highest BCUT2D eigenvalue weighted by Crippen LogP contribution is 2.44. The molecule has 1 unspecified atom stereocenters. The van der Waals surface area contributed by atoms with E-state index in [0.29, 0.717) is 0 Å². The molecule has 0 aliphatic carbocycles. The number of rotatable bonds is 2. The molecule has 0 radical (unpaired) electrons. The summed E-state index contributed by atoms with van der Waals surface area (Å²) in [5, 5.41) is 43.5. The van der Waals surface area contributed by atoms with Crippen LogP contribution in [0, 0.1) is 23.7 Å². The van der Waals surface area contributed by atoms with Crippen molar-refractivity contribution >= 4 is 11.6 Å². The molecule has 0 aromatic carbocycles. The highest BCUT2D eigenvalue weighted by Gasteiger charge is 2.64. The van der Waals surface area contributed by atoms with Crippen molar-refractivity contribution in [1.82, 2.24) is 19.6 Å². The van der Waals surface area contributed by atoms with E-state index < -0.39 is 35.6 Å². The lowest BCUT2D eigenvalue weighted by molar-refractivity contribution is -0.101. The van der Waals surface area contributed by atoms with Crippen molar-refractivity contribution < 1.29 is 20.1 Å². The van der Waals surface area contributed by atoms with Gasteiger partial charge in [-0.25, -0.2) is 9.50 Å². The normalized spacial score (nSPS) is 32.5. The van der Waals surface area contributed by atoms with Crippen LogP contribution in [-0.2, 0) is 10.3 Å². The predicted molar refractivity (Wildman–Crippen MR) is 77.1 cm³/mol. The number of nitrogen functional groups attached to an aromatic ring is 1. The van der Waals surface area contributed by atoms with Gasteiger partial charge < -0.3 is 25.8 Å². The second-order valence-corrected chi connectivity index (χ2v) is 5.25. The summed E-state index contributed by atoms with van der Waals surface area (Å²) < 4.78 is 6.35. The van der Waals surface area contributed by atoms with Gasteiger partial charge in [0.05, 0.1) is 12.8 Å². The van der Waals surface area contributed by atoms with Gasteiger partial charge in [0, 0.05) is 0 Å². The molecular formula is C13H12N6O5. The van der Waals surface area contributed by atoms with Gasteiger partial charge in [0.1, 0.15) is 24.0 Å². The molecule has 0 bridgehead atoms. The van der Waals surface area contributed by atoms with Crippen LogP contribution in [0.4, 0.5) is 5.95 Å². The van der Waals surface area contributed by atoms with Crippen LogP contribution in [0.25, 0.3) is 5.65 Å². The highest BCUT2D eigenvalue weighted by molar-refractivity contribution is 5.43. The van der Waals surface area contributed by atoms with Crippen LogP contribution >= 0.6 is 0 Å². The van der Waals surface area contributed by atoms with Crippen LogP contribution in [0.5, 0.6) is 0 Å². The molecule has 2 aromatic heterocycles. The number of hydrogen-bond acceptors (Lipinski definition) is 9. The predicted octanol–water partition coefficient (Wildman–Crippen LogP) is -3.17. The molecule has 0 amide bonds. The minimum atomic E-state index is -2.22. The number of nitrogens with zero attached hydrogens (tertiary/aromatic N) is 4. The van der Waals surface area contributed by atoms with Crippen molar-refractivity contribution in [3.63, 3.8) is 0 Å². The standard InChI is InChI=1S/C13H12N6O5/c1-2-12(5-20)7(21)8(22)13(4-14,24-12)6-3-16-9-10(23)17-11(15)18-19(6)9/h1,3,7-8,20-22H,5H2,(H3,15,17,18,23)/t7-,8?,12-,13+/m1/s1. The molecule has 24 heavy (non-hydrogen) atoms. The molecule has 3 heterocycles. The van der Waals surface area contributed by atoms with Crippen molar-refractivity contribution in [2.75, 3.05) is 12.3 Å². The van der Waals surface area contributed by atoms with Gasteiger partial charge in [-0.05, 0) is 0 Å². The Morgan fingerprint density at radius 1 is 1.54 bits per heavy atom. The summed E-state index contributed by atoms with van der Waals surface area (Å²) in [5.74, 6) is 1.79. The van der Waals surface area contributed by atoms with E-state index in [9.17, 15) is 25.4 Å². The minimum absolute atomic E-state index is 0.171. The average molecular weight is 332 g/mol. The van der Waals surface area contributed by atoms with E-state index in [1.54, 1.807) is 6.07 Å². The third-order valence-corrected chi connectivity index (χ3v) is 3.95. The summed E-state index contributed by atoms with van der Waals surface area (Å²) >= 11 is 0. The molecule has 1 fully saturated rings. The van der Waals surface area contributed by atoms with Crippen LogP contribution < -0.4 is 11.3 Å². The molecule has 0 spiro atoms. The number of aliphatic hydroxyl groups is 3. The van der Waals surface area contributed by atoms with Gasteiger partial charge in [-0.15, -0.1) is 11.5 Å². The molecule has 1 aliphatic rings. The fourth-order valence-corrected chi connectivity index (χ4v) is 2.68.